The minimum absolute atomic E-state index is 0.0359. The Bertz CT molecular complexity index is 1170. The summed E-state index contributed by atoms with van der Waals surface area (Å²) in [5.41, 5.74) is 5.29. The summed E-state index contributed by atoms with van der Waals surface area (Å²) in [4.78, 5) is 36.5. The zero-order valence-electron chi connectivity index (χ0n) is 19.0. The number of benzene rings is 2. The highest BCUT2D eigenvalue weighted by molar-refractivity contribution is 5.96. The molecule has 6 heteroatoms. The van der Waals surface area contributed by atoms with Gasteiger partial charge in [-0.25, -0.2) is 9.78 Å². The van der Waals surface area contributed by atoms with Crippen LogP contribution >= 0.6 is 0 Å². The molecule has 6 nitrogen and oxygen atoms in total. The van der Waals surface area contributed by atoms with Crippen LogP contribution in [0.2, 0.25) is 0 Å². The zero-order chi connectivity index (χ0) is 23.1. The Hall–Kier alpha value is -3.54. The van der Waals surface area contributed by atoms with Gasteiger partial charge in [-0.15, -0.1) is 0 Å². The van der Waals surface area contributed by atoms with Gasteiger partial charge in [0, 0.05) is 36.3 Å². The Morgan fingerprint density at radius 3 is 2.18 bits per heavy atom. The van der Waals surface area contributed by atoms with Crippen molar-refractivity contribution < 1.29 is 14.3 Å². The minimum Gasteiger partial charge on any atom is -0.448 e. The molecule has 3 aromatic rings. The van der Waals surface area contributed by atoms with Gasteiger partial charge in [0.1, 0.15) is 12.3 Å². The van der Waals surface area contributed by atoms with Gasteiger partial charge in [-0.2, -0.15) is 0 Å². The SMILES string of the molecule is O=C(c1cnccn1)C1CC2CCCC(C1)N2C(=O)OCC1c2ccccc2-c2ccccc21. The van der Waals surface area contributed by atoms with E-state index in [4.69, 9.17) is 4.74 Å². The summed E-state index contributed by atoms with van der Waals surface area (Å²) in [6.07, 6.45) is 8.64. The molecule has 2 bridgehead atoms. The van der Waals surface area contributed by atoms with Crippen LogP contribution in [0.1, 0.15) is 59.6 Å². The van der Waals surface area contributed by atoms with Gasteiger partial charge in [-0.05, 0) is 54.4 Å². The lowest BCUT2D eigenvalue weighted by atomic mass is 9.76. The molecular formula is C28H27N3O3. The fourth-order valence-electron chi connectivity index (χ4n) is 6.20. The molecule has 3 aliphatic rings. The Kier molecular flexibility index (Phi) is 5.36. The monoisotopic (exact) mass is 453 g/mol. The van der Waals surface area contributed by atoms with Crippen molar-refractivity contribution in [2.24, 2.45) is 5.92 Å². The van der Waals surface area contributed by atoms with Gasteiger partial charge in [0.15, 0.2) is 5.78 Å². The summed E-state index contributed by atoms with van der Waals surface area (Å²) in [5, 5.41) is 0. The maximum absolute atomic E-state index is 13.3. The standard InChI is InChI=1S/C28H27N3O3/c32-27(26-16-29-12-13-30-26)18-14-19-6-5-7-20(15-18)31(19)28(33)34-17-25-23-10-3-1-8-21(23)22-9-2-4-11-24(22)25/h1-4,8-13,16,18-20,25H,5-7,14-15,17H2. The van der Waals surface area contributed by atoms with Crippen LogP contribution in [0.3, 0.4) is 0 Å². The molecule has 0 saturated carbocycles. The molecule has 1 amide bonds. The third kappa shape index (κ3) is 3.58. The lowest BCUT2D eigenvalue weighted by Crippen LogP contribution is -2.56. The molecule has 1 aromatic heterocycles. The van der Waals surface area contributed by atoms with E-state index >= 15 is 0 Å². The Balaban J connectivity index is 1.17. The minimum atomic E-state index is -0.248. The predicted octanol–water partition coefficient (Wildman–Crippen LogP) is 5.24. The number of ketones is 1. The van der Waals surface area contributed by atoms with Crippen molar-refractivity contribution in [3.8, 4) is 11.1 Å². The van der Waals surface area contributed by atoms with Crippen LogP contribution in [0, 0.1) is 5.92 Å². The number of amides is 1. The number of rotatable bonds is 4. The smallest absolute Gasteiger partial charge is 0.410 e. The second kappa shape index (κ2) is 8.67. The van der Waals surface area contributed by atoms with Gasteiger partial charge in [0.05, 0.1) is 6.20 Å². The summed E-state index contributed by atoms with van der Waals surface area (Å²) in [5.74, 6) is -0.0335. The maximum atomic E-state index is 13.3. The van der Waals surface area contributed by atoms with Crippen LogP contribution in [0.4, 0.5) is 4.79 Å². The fourth-order valence-corrected chi connectivity index (χ4v) is 6.20. The highest BCUT2D eigenvalue weighted by atomic mass is 16.6. The molecule has 1 aliphatic carbocycles. The number of hydrogen-bond donors (Lipinski definition) is 0. The summed E-state index contributed by atoms with van der Waals surface area (Å²) in [7, 11) is 0. The van der Waals surface area contributed by atoms with Gasteiger partial charge in [0.2, 0.25) is 0 Å². The molecular weight excluding hydrogens is 426 g/mol. The first-order valence-electron chi connectivity index (χ1n) is 12.1. The second-order valence-electron chi connectivity index (χ2n) is 9.57. The van der Waals surface area contributed by atoms with Gasteiger partial charge in [-0.1, -0.05) is 48.5 Å². The van der Waals surface area contributed by atoms with Crippen LogP contribution in [0.5, 0.6) is 0 Å². The van der Waals surface area contributed by atoms with E-state index in [9.17, 15) is 9.59 Å². The fraction of sp³-hybridized carbons (Fsp3) is 0.357. The third-order valence-electron chi connectivity index (χ3n) is 7.71. The number of hydrogen-bond acceptors (Lipinski definition) is 5. The normalized spacial score (nSPS) is 23.2. The first kappa shape index (κ1) is 21.0. The molecule has 2 aliphatic heterocycles. The molecule has 172 valence electrons. The van der Waals surface area contributed by atoms with Crippen molar-refractivity contribution in [1.82, 2.24) is 14.9 Å². The molecule has 0 radical (unpaired) electrons. The molecule has 2 fully saturated rings. The highest BCUT2D eigenvalue weighted by Crippen LogP contribution is 2.45. The number of ether oxygens (including phenoxy) is 1. The van der Waals surface area contributed by atoms with Crippen molar-refractivity contribution >= 4 is 11.9 Å². The Morgan fingerprint density at radius 1 is 0.912 bits per heavy atom. The van der Waals surface area contributed by atoms with Crippen molar-refractivity contribution in [2.45, 2.75) is 50.1 Å². The van der Waals surface area contributed by atoms with Crippen molar-refractivity contribution in [1.29, 1.82) is 0 Å². The van der Waals surface area contributed by atoms with Crippen LogP contribution in [0.15, 0.2) is 67.1 Å². The molecule has 2 unspecified atom stereocenters. The van der Waals surface area contributed by atoms with Gasteiger partial charge < -0.3 is 9.64 Å². The zero-order valence-corrected chi connectivity index (χ0v) is 19.0. The van der Waals surface area contributed by atoms with E-state index in [-0.39, 0.29) is 35.8 Å². The van der Waals surface area contributed by atoms with E-state index in [0.29, 0.717) is 25.1 Å². The molecule has 2 saturated heterocycles. The van der Waals surface area contributed by atoms with Gasteiger partial charge >= 0.3 is 6.09 Å². The number of carbonyl (C=O) groups is 2. The summed E-state index contributed by atoms with van der Waals surface area (Å²) in [6, 6.07) is 16.8. The number of carbonyl (C=O) groups excluding carboxylic acids is 2. The Labute approximate surface area is 199 Å². The summed E-state index contributed by atoms with van der Waals surface area (Å²) >= 11 is 0. The lowest BCUT2D eigenvalue weighted by molar-refractivity contribution is 0.00640. The van der Waals surface area contributed by atoms with Gasteiger partial charge in [0.25, 0.3) is 0 Å². The van der Waals surface area contributed by atoms with E-state index < -0.39 is 0 Å². The third-order valence-corrected chi connectivity index (χ3v) is 7.71. The summed E-state index contributed by atoms with van der Waals surface area (Å²) in [6.45, 7) is 0.324. The molecule has 2 aromatic carbocycles. The second-order valence-corrected chi connectivity index (χ2v) is 9.57. The average molecular weight is 454 g/mol. The first-order valence-corrected chi connectivity index (χ1v) is 12.1. The number of piperidine rings is 2. The maximum Gasteiger partial charge on any atom is 0.410 e. The molecule has 3 heterocycles. The van der Waals surface area contributed by atoms with E-state index in [2.05, 4.69) is 46.4 Å². The predicted molar refractivity (Wildman–Crippen MR) is 127 cm³/mol. The Morgan fingerprint density at radius 2 is 1.56 bits per heavy atom. The first-order chi connectivity index (χ1) is 16.7. The lowest BCUT2D eigenvalue weighted by Gasteiger charge is -2.47. The summed E-state index contributed by atoms with van der Waals surface area (Å²) < 4.78 is 5.98. The number of nitrogens with zero attached hydrogens (tertiary/aromatic N) is 3. The topological polar surface area (TPSA) is 72.4 Å². The molecule has 0 spiro atoms. The van der Waals surface area contributed by atoms with E-state index in [1.807, 2.05) is 17.0 Å². The van der Waals surface area contributed by atoms with E-state index in [0.717, 1.165) is 19.3 Å². The van der Waals surface area contributed by atoms with Gasteiger partial charge in [-0.3, -0.25) is 9.78 Å². The number of aromatic nitrogens is 2. The van der Waals surface area contributed by atoms with E-state index in [1.54, 1.807) is 12.4 Å². The average Bonchev–Trinajstić information content (AvgIpc) is 3.20. The van der Waals surface area contributed by atoms with Crippen LogP contribution in [0.25, 0.3) is 11.1 Å². The van der Waals surface area contributed by atoms with Crippen molar-refractivity contribution in [3.05, 3.63) is 83.9 Å². The molecule has 0 N–H and O–H groups in total. The largest absolute Gasteiger partial charge is 0.448 e. The quantitative estimate of drug-likeness (QED) is 0.505. The number of fused-ring (bicyclic) bond motifs is 5. The van der Waals surface area contributed by atoms with Crippen LogP contribution < -0.4 is 0 Å². The molecule has 6 rings (SSSR count). The highest BCUT2D eigenvalue weighted by Gasteiger charge is 2.44. The van der Waals surface area contributed by atoms with Crippen LogP contribution in [-0.2, 0) is 4.74 Å². The van der Waals surface area contributed by atoms with Crippen molar-refractivity contribution in [3.63, 3.8) is 0 Å². The van der Waals surface area contributed by atoms with Crippen LogP contribution in [-0.4, -0.2) is 45.4 Å². The number of Topliss-reactive ketones (excluding diaryl/α,β-unsaturated/α-hetero) is 1. The molecule has 2 atom stereocenters. The van der Waals surface area contributed by atoms with E-state index in [1.165, 1.54) is 28.5 Å². The molecule has 34 heavy (non-hydrogen) atoms. The van der Waals surface area contributed by atoms with Crippen molar-refractivity contribution in [2.75, 3.05) is 6.61 Å².